The minimum atomic E-state index is -0.592. The van der Waals surface area contributed by atoms with Crippen LogP contribution in [0.3, 0.4) is 0 Å². The van der Waals surface area contributed by atoms with E-state index in [2.05, 4.69) is 16.3 Å². The van der Waals surface area contributed by atoms with Crippen molar-refractivity contribution in [1.29, 1.82) is 0 Å². The minimum Gasteiger partial charge on any atom is -0.493 e. The molecule has 0 aromatic heterocycles. The third-order valence-electron chi connectivity index (χ3n) is 10.2. The number of hydrogen-bond donors (Lipinski definition) is 1. The summed E-state index contributed by atoms with van der Waals surface area (Å²) in [5.41, 5.74) is 2.73. The van der Waals surface area contributed by atoms with Gasteiger partial charge in [0.2, 0.25) is 11.8 Å². The van der Waals surface area contributed by atoms with E-state index in [0.29, 0.717) is 25.1 Å². The van der Waals surface area contributed by atoms with Gasteiger partial charge >= 0.3 is 0 Å². The third-order valence-corrected chi connectivity index (χ3v) is 10.2. The first-order valence-electron chi connectivity index (χ1n) is 14.2. The summed E-state index contributed by atoms with van der Waals surface area (Å²) in [5, 5.41) is 2.39. The Morgan fingerprint density at radius 2 is 1.72 bits per heavy atom. The van der Waals surface area contributed by atoms with Crippen LogP contribution in [-0.4, -0.2) is 59.8 Å². The molecule has 1 saturated heterocycles. The fraction of sp³-hybridized carbons (Fsp3) is 0.690. The number of benzene rings is 1. The topological polar surface area (TPSA) is 79.0 Å². The predicted molar refractivity (Wildman–Crippen MR) is 133 cm³/mol. The number of imide groups is 1. The molecule has 7 nitrogen and oxygen atoms in total. The molecule has 1 atom stereocenters. The smallest absolute Gasteiger partial charge is 0.255 e. The van der Waals surface area contributed by atoms with Gasteiger partial charge in [-0.1, -0.05) is 6.07 Å². The Balaban J connectivity index is 1.07. The third kappa shape index (κ3) is 3.85. The average Bonchev–Trinajstić information content (AvgIpc) is 3.22. The van der Waals surface area contributed by atoms with Gasteiger partial charge in [-0.2, -0.15) is 0 Å². The zero-order valence-electron chi connectivity index (χ0n) is 21.0. The quantitative estimate of drug-likeness (QED) is 0.658. The molecule has 1 aromatic carbocycles. The highest BCUT2D eigenvalue weighted by Gasteiger charge is 2.48. The number of ether oxygens (including phenoxy) is 1. The lowest BCUT2D eigenvalue weighted by Crippen LogP contribution is -2.52. The number of hydrogen-bond acceptors (Lipinski definition) is 5. The molecular formula is C29H37N3O4. The summed E-state index contributed by atoms with van der Waals surface area (Å²) in [6, 6.07) is 3.39. The van der Waals surface area contributed by atoms with E-state index in [1.807, 2.05) is 6.07 Å². The Morgan fingerprint density at radius 3 is 2.47 bits per heavy atom. The van der Waals surface area contributed by atoms with Crippen molar-refractivity contribution in [2.24, 2.45) is 29.6 Å². The van der Waals surface area contributed by atoms with E-state index in [-0.39, 0.29) is 24.1 Å². The normalized spacial score (nSPS) is 36.0. The molecule has 3 amide bonds. The predicted octanol–water partition coefficient (Wildman–Crippen LogP) is 3.15. The Bertz CT molecular complexity index is 1070. The van der Waals surface area contributed by atoms with Gasteiger partial charge in [-0.3, -0.25) is 19.7 Å². The fourth-order valence-corrected chi connectivity index (χ4v) is 8.71. The van der Waals surface area contributed by atoms with Crippen LogP contribution in [0.1, 0.15) is 72.9 Å². The van der Waals surface area contributed by atoms with Crippen LogP contribution in [0.4, 0.5) is 0 Å². The summed E-state index contributed by atoms with van der Waals surface area (Å²) in [7, 11) is 0. The molecule has 3 heterocycles. The van der Waals surface area contributed by atoms with E-state index < -0.39 is 6.04 Å². The first-order valence-corrected chi connectivity index (χ1v) is 14.2. The number of fused-ring (bicyclic) bond motifs is 3. The molecule has 7 aliphatic rings. The van der Waals surface area contributed by atoms with Gasteiger partial charge in [-0.25, -0.2) is 0 Å². The van der Waals surface area contributed by atoms with Crippen LogP contribution in [0.25, 0.3) is 0 Å². The lowest BCUT2D eigenvalue weighted by molar-refractivity contribution is -0.136. The van der Waals surface area contributed by atoms with Crippen molar-refractivity contribution in [2.45, 2.75) is 70.4 Å². The van der Waals surface area contributed by atoms with Gasteiger partial charge < -0.3 is 14.5 Å². The van der Waals surface area contributed by atoms with Crippen molar-refractivity contribution in [3.63, 3.8) is 0 Å². The number of rotatable bonds is 3. The molecule has 36 heavy (non-hydrogen) atoms. The Hall–Kier alpha value is -2.41. The summed E-state index contributed by atoms with van der Waals surface area (Å²) < 4.78 is 6.35. The van der Waals surface area contributed by atoms with Crippen molar-refractivity contribution < 1.29 is 19.1 Å². The molecule has 4 aliphatic carbocycles. The van der Waals surface area contributed by atoms with Crippen LogP contribution in [0.2, 0.25) is 0 Å². The van der Waals surface area contributed by atoms with Crippen LogP contribution >= 0.6 is 0 Å². The molecule has 1 unspecified atom stereocenters. The second-order valence-electron chi connectivity index (χ2n) is 12.3. The summed E-state index contributed by atoms with van der Waals surface area (Å²) in [6.45, 7) is 4.36. The van der Waals surface area contributed by atoms with E-state index in [0.717, 1.165) is 66.8 Å². The number of nitrogens with one attached hydrogen (secondary N) is 1. The van der Waals surface area contributed by atoms with E-state index in [9.17, 15) is 14.4 Å². The maximum Gasteiger partial charge on any atom is 0.255 e. The van der Waals surface area contributed by atoms with Crippen LogP contribution in [-0.2, 0) is 22.6 Å². The molecule has 4 saturated carbocycles. The maximum atomic E-state index is 13.2. The monoisotopic (exact) mass is 491 g/mol. The highest BCUT2D eigenvalue weighted by atomic mass is 16.5. The molecule has 1 aromatic rings. The summed E-state index contributed by atoms with van der Waals surface area (Å²) in [4.78, 5) is 41.6. The molecular weight excluding hydrogens is 454 g/mol. The van der Waals surface area contributed by atoms with Gasteiger partial charge in [0.05, 0.1) is 13.2 Å². The number of carbonyl (C=O) groups is 3. The molecule has 1 N–H and O–H groups in total. The van der Waals surface area contributed by atoms with Gasteiger partial charge in [0.25, 0.3) is 5.91 Å². The molecule has 4 bridgehead atoms. The zero-order valence-corrected chi connectivity index (χ0v) is 21.0. The molecule has 0 radical (unpaired) electrons. The minimum absolute atomic E-state index is 0.130. The second kappa shape index (κ2) is 8.86. The Labute approximate surface area is 212 Å². The number of piperidine rings is 1. The number of carbonyl (C=O) groups excluding carboxylic acids is 3. The zero-order chi connectivity index (χ0) is 24.4. The Morgan fingerprint density at radius 1 is 0.944 bits per heavy atom. The summed E-state index contributed by atoms with van der Waals surface area (Å²) in [6.07, 6.45) is 9.96. The molecule has 5 fully saturated rings. The van der Waals surface area contributed by atoms with E-state index in [1.54, 1.807) is 4.90 Å². The molecule has 7 heteroatoms. The second-order valence-corrected chi connectivity index (χ2v) is 12.3. The maximum absolute atomic E-state index is 13.2. The van der Waals surface area contributed by atoms with Gasteiger partial charge in [-0.15, -0.1) is 0 Å². The lowest BCUT2D eigenvalue weighted by atomic mass is 9.52. The van der Waals surface area contributed by atoms with Gasteiger partial charge in [0, 0.05) is 37.2 Å². The van der Waals surface area contributed by atoms with Crippen molar-refractivity contribution in [2.75, 3.05) is 26.2 Å². The van der Waals surface area contributed by atoms with Gasteiger partial charge in [0.15, 0.2) is 0 Å². The number of amides is 3. The average molecular weight is 492 g/mol. The highest BCUT2D eigenvalue weighted by Crippen LogP contribution is 2.56. The van der Waals surface area contributed by atoms with Crippen molar-refractivity contribution in [3.8, 4) is 5.75 Å². The SMILES string of the molecule is O=C1CCC(N2Cc3c(ccc4c3OCCCN(CC3C5CC6CC(C5)CC3C6)CC4)C2=O)C(=O)N1. The van der Waals surface area contributed by atoms with Crippen molar-refractivity contribution in [3.05, 3.63) is 28.8 Å². The molecule has 8 rings (SSSR count). The highest BCUT2D eigenvalue weighted by molar-refractivity contribution is 6.05. The summed E-state index contributed by atoms with van der Waals surface area (Å²) in [5.74, 6) is 4.90. The molecule has 192 valence electrons. The van der Waals surface area contributed by atoms with Crippen LogP contribution < -0.4 is 10.1 Å². The molecule has 0 spiro atoms. The van der Waals surface area contributed by atoms with Crippen molar-refractivity contribution >= 4 is 17.7 Å². The van der Waals surface area contributed by atoms with Gasteiger partial charge in [0.1, 0.15) is 11.8 Å². The summed E-state index contributed by atoms with van der Waals surface area (Å²) >= 11 is 0. The standard InChI is InChI=1S/C29H37N3O4/c33-26-5-4-25(28(34)30-26)32-16-24-22(29(32)35)3-2-19-6-8-31(7-1-9-36-27(19)24)15-23-20-11-17-10-18(13-20)14-21(23)12-17/h2-3,17-18,20-21,23,25H,1,4-16H2,(H,30,33,34). The molecule has 3 aliphatic heterocycles. The van der Waals surface area contributed by atoms with Crippen LogP contribution in [0, 0.1) is 29.6 Å². The van der Waals surface area contributed by atoms with E-state index in [1.165, 1.54) is 44.2 Å². The van der Waals surface area contributed by atoms with E-state index >= 15 is 0 Å². The van der Waals surface area contributed by atoms with Gasteiger partial charge in [-0.05, 0) is 92.6 Å². The number of nitrogens with zero attached hydrogens (tertiary/aromatic N) is 2. The van der Waals surface area contributed by atoms with Crippen LogP contribution in [0.15, 0.2) is 12.1 Å². The largest absolute Gasteiger partial charge is 0.493 e. The lowest BCUT2D eigenvalue weighted by Gasteiger charge is -2.55. The fourth-order valence-electron chi connectivity index (χ4n) is 8.71. The first-order chi connectivity index (χ1) is 17.5. The van der Waals surface area contributed by atoms with E-state index in [4.69, 9.17) is 4.74 Å². The first kappa shape index (κ1) is 22.8. The van der Waals surface area contributed by atoms with Crippen LogP contribution in [0.5, 0.6) is 5.75 Å². The Kier molecular flexibility index (Phi) is 5.60. The van der Waals surface area contributed by atoms with Crippen molar-refractivity contribution in [1.82, 2.24) is 15.1 Å².